The van der Waals surface area contributed by atoms with Crippen LogP contribution in [0.15, 0.2) is 11.6 Å². The van der Waals surface area contributed by atoms with E-state index in [-0.39, 0.29) is 33.5 Å². The van der Waals surface area contributed by atoms with Crippen molar-refractivity contribution in [2.24, 2.45) is 56.7 Å². The summed E-state index contributed by atoms with van der Waals surface area (Å²) in [4.78, 5) is 14.4. The Morgan fingerprint density at radius 1 is 0.911 bits per heavy atom. The maximum atomic E-state index is 14.4. The van der Waals surface area contributed by atoms with Crippen molar-refractivity contribution in [1.29, 1.82) is 0 Å². The van der Waals surface area contributed by atoms with E-state index < -0.39 is 60.9 Å². The van der Waals surface area contributed by atoms with Gasteiger partial charge in [0, 0.05) is 0 Å². The van der Waals surface area contributed by atoms with Crippen LogP contribution in [0.5, 0.6) is 0 Å². The molecule has 45 heavy (non-hydrogen) atoms. The lowest BCUT2D eigenvalue weighted by atomic mass is 9.33. The predicted octanol–water partition coefficient (Wildman–Crippen LogP) is 3.32. The largest absolute Gasteiger partial charge is 0.432 e. The van der Waals surface area contributed by atoms with Gasteiger partial charge in [-0.25, -0.2) is 0 Å². The molecule has 1 aliphatic heterocycles. The van der Waals surface area contributed by atoms with Gasteiger partial charge in [-0.15, -0.1) is 0 Å². The zero-order valence-corrected chi connectivity index (χ0v) is 28.3. The summed E-state index contributed by atoms with van der Waals surface area (Å²) < 4.78 is 11.6. The highest BCUT2D eigenvalue weighted by Crippen LogP contribution is 2.75. The molecule has 0 radical (unpaired) electrons. The van der Waals surface area contributed by atoms with Crippen molar-refractivity contribution >= 4 is 5.97 Å². The van der Waals surface area contributed by atoms with Gasteiger partial charge in [-0.05, 0) is 103 Å². The predicted molar refractivity (Wildman–Crippen MR) is 166 cm³/mol. The number of rotatable bonds is 3. The van der Waals surface area contributed by atoms with Gasteiger partial charge in [0.1, 0.15) is 24.4 Å². The van der Waals surface area contributed by atoms with Crippen molar-refractivity contribution in [3.8, 4) is 0 Å². The van der Waals surface area contributed by atoms with E-state index in [1.807, 2.05) is 0 Å². The molecule has 0 aromatic carbocycles. The molecule has 0 aromatic rings. The van der Waals surface area contributed by atoms with E-state index in [4.69, 9.17) is 9.47 Å². The number of hydrogen-bond acceptors (Lipinski definition) is 9. The van der Waals surface area contributed by atoms with Gasteiger partial charge in [-0.1, -0.05) is 60.1 Å². The van der Waals surface area contributed by atoms with Crippen molar-refractivity contribution in [3.63, 3.8) is 0 Å². The fourth-order valence-corrected chi connectivity index (χ4v) is 12.4. The Bertz CT molecular complexity index is 1200. The molecule has 16 atom stereocenters. The number of aliphatic hydroxyl groups excluding tert-OH is 6. The summed E-state index contributed by atoms with van der Waals surface area (Å²) in [6.45, 7) is 15.4. The fourth-order valence-electron chi connectivity index (χ4n) is 12.4. The van der Waals surface area contributed by atoms with Crippen LogP contribution in [0, 0.1) is 56.7 Å². The molecule has 0 bridgehead atoms. The number of esters is 1. The molecule has 0 spiro atoms. The van der Waals surface area contributed by atoms with Gasteiger partial charge in [0.15, 0.2) is 0 Å². The Labute approximate surface area is 268 Å². The van der Waals surface area contributed by atoms with Crippen molar-refractivity contribution < 1.29 is 44.9 Å². The minimum absolute atomic E-state index is 0.0594. The normalized spacial score (nSPS) is 55.7. The summed E-state index contributed by atoms with van der Waals surface area (Å²) >= 11 is 0. The molecular weight excluding hydrogens is 576 g/mol. The van der Waals surface area contributed by atoms with Crippen LogP contribution in [-0.2, 0) is 14.3 Å². The second kappa shape index (κ2) is 11.0. The van der Waals surface area contributed by atoms with Crippen LogP contribution in [0.4, 0.5) is 0 Å². The molecule has 4 saturated carbocycles. The first-order valence-corrected chi connectivity index (χ1v) is 17.5. The molecule has 9 nitrogen and oxygen atoms in total. The van der Waals surface area contributed by atoms with E-state index >= 15 is 0 Å². The molecule has 5 aliphatic carbocycles. The molecule has 1 heterocycles. The van der Waals surface area contributed by atoms with E-state index in [1.165, 1.54) is 5.57 Å². The number of aliphatic hydroxyl groups is 6. The Morgan fingerprint density at radius 2 is 1.60 bits per heavy atom. The molecule has 6 aliphatic rings. The standard InChI is InChI=1S/C36H58O9/c1-18-10-13-36(31(43)45-30-28(41)27(40)26(39)22(17-37)44-30)15-14-34(6)20(25(36)19(18)2)8-9-24-33(5)16-21(38)29(42)32(3,4)23(33)11-12-35(24,34)7/h8,18-19,21-30,37-42H,9-17H2,1-7H3. The first kappa shape index (κ1) is 33.8. The minimum Gasteiger partial charge on any atom is -0.432 e. The lowest BCUT2D eigenvalue weighted by Crippen LogP contribution is -2.67. The molecule has 0 amide bonds. The molecule has 6 rings (SSSR count). The lowest BCUT2D eigenvalue weighted by molar-refractivity contribution is -0.297. The van der Waals surface area contributed by atoms with Gasteiger partial charge in [0.05, 0.1) is 24.2 Å². The van der Waals surface area contributed by atoms with E-state index in [2.05, 4.69) is 54.5 Å². The molecule has 9 heteroatoms. The highest BCUT2D eigenvalue weighted by Gasteiger charge is 2.70. The highest BCUT2D eigenvalue weighted by molar-refractivity contribution is 5.79. The molecular formula is C36H58O9. The zero-order chi connectivity index (χ0) is 33.1. The van der Waals surface area contributed by atoms with Crippen molar-refractivity contribution in [1.82, 2.24) is 0 Å². The Balaban J connectivity index is 1.37. The van der Waals surface area contributed by atoms with Crippen LogP contribution in [0.3, 0.4) is 0 Å². The Kier molecular flexibility index (Phi) is 8.25. The molecule has 1 saturated heterocycles. The fraction of sp³-hybridized carbons (Fsp3) is 0.917. The third-order valence-electron chi connectivity index (χ3n) is 15.4. The van der Waals surface area contributed by atoms with Crippen molar-refractivity contribution in [2.45, 2.75) is 143 Å². The van der Waals surface area contributed by atoms with Gasteiger partial charge in [-0.3, -0.25) is 4.79 Å². The van der Waals surface area contributed by atoms with Gasteiger partial charge in [0.2, 0.25) is 6.29 Å². The summed E-state index contributed by atoms with van der Waals surface area (Å²) in [5.41, 5.74) is -0.223. The topological polar surface area (TPSA) is 157 Å². The number of carbonyl (C=O) groups is 1. The number of allylic oxidation sites excluding steroid dienone is 2. The smallest absolute Gasteiger partial charge is 0.315 e. The highest BCUT2D eigenvalue weighted by atomic mass is 16.7. The SMILES string of the molecule is CC1CCC2(C(=O)OC3OC(CO)C(O)C(O)C3O)CCC3(C)C(=CCC4C5(C)CC(O)C(O)C(C)(C)C5CCC43C)C2C1C. The summed E-state index contributed by atoms with van der Waals surface area (Å²) in [5.74, 6) is 0.739. The first-order chi connectivity index (χ1) is 20.9. The van der Waals surface area contributed by atoms with Crippen LogP contribution in [0.2, 0.25) is 0 Å². The minimum atomic E-state index is -1.63. The lowest BCUT2D eigenvalue weighted by Gasteiger charge is -2.71. The molecule has 256 valence electrons. The van der Waals surface area contributed by atoms with Crippen LogP contribution >= 0.6 is 0 Å². The van der Waals surface area contributed by atoms with Gasteiger partial charge >= 0.3 is 5.97 Å². The van der Waals surface area contributed by atoms with E-state index in [9.17, 15) is 35.4 Å². The van der Waals surface area contributed by atoms with Crippen molar-refractivity contribution in [2.75, 3.05) is 6.61 Å². The maximum absolute atomic E-state index is 14.4. The third-order valence-corrected chi connectivity index (χ3v) is 15.4. The number of hydrogen-bond donors (Lipinski definition) is 6. The van der Waals surface area contributed by atoms with Crippen LogP contribution in [0.25, 0.3) is 0 Å². The maximum Gasteiger partial charge on any atom is 0.315 e. The van der Waals surface area contributed by atoms with Gasteiger partial charge in [-0.2, -0.15) is 0 Å². The average molecular weight is 635 g/mol. The summed E-state index contributed by atoms with van der Waals surface area (Å²) in [7, 11) is 0. The molecule has 16 unspecified atom stereocenters. The zero-order valence-electron chi connectivity index (χ0n) is 28.3. The summed E-state index contributed by atoms with van der Waals surface area (Å²) in [6.07, 6.45) is -0.00749. The second-order valence-corrected chi connectivity index (χ2v) is 17.4. The summed E-state index contributed by atoms with van der Waals surface area (Å²) in [5, 5.41) is 63.2. The average Bonchev–Trinajstić information content (AvgIpc) is 2.98. The van der Waals surface area contributed by atoms with Gasteiger partial charge < -0.3 is 40.1 Å². The van der Waals surface area contributed by atoms with Crippen LogP contribution < -0.4 is 0 Å². The molecule has 6 N–H and O–H groups in total. The third kappa shape index (κ3) is 4.46. The van der Waals surface area contributed by atoms with E-state index in [1.54, 1.807) is 0 Å². The molecule has 5 fully saturated rings. The number of ether oxygens (including phenoxy) is 2. The van der Waals surface area contributed by atoms with E-state index in [0.717, 1.165) is 32.1 Å². The summed E-state index contributed by atoms with van der Waals surface area (Å²) in [6, 6.07) is 0. The quantitative estimate of drug-likeness (QED) is 0.203. The number of carbonyl (C=O) groups excluding carboxylic acids is 1. The number of fused-ring (bicyclic) bond motifs is 7. The first-order valence-electron chi connectivity index (χ1n) is 17.5. The Morgan fingerprint density at radius 3 is 2.27 bits per heavy atom. The van der Waals surface area contributed by atoms with Crippen LogP contribution in [0.1, 0.15) is 99.8 Å². The van der Waals surface area contributed by atoms with Gasteiger partial charge in [0.25, 0.3) is 0 Å². The Hall–Kier alpha value is -1.07. The molecule has 0 aromatic heterocycles. The van der Waals surface area contributed by atoms with Crippen LogP contribution in [-0.4, -0.2) is 86.1 Å². The van der Waals surface area contributed by atoms with E-state index in [0.29, 0.717) is 37.0 Å². The second-order valence-electron chi connectivity index (χ2n) is 17.4. The monoisotopic (exact) mass is 634 g/mol. The van der Waals surface area contributed by atoms with Crippen molar-refractivity contribution in [3.05, 3.63) is 11.6 Å².